The van der Waals surface area contributed by atoms with Crippen molar-refractivity contribution in [1.29, 1.82) is 0 Å². The van der Waals surface area contributed by atoms with Crippen molar-refractivity contribution in [2.45, 2.75) is 0 Å². The Morgan fingerprint density at radius 1 is 1.54 bits per heavy atom. The number of aromatic nitrogens is 2. The Kier molecular flexibility index (Phi) is 1.51. The van der Waals surface area contributed by atoms with Crippen LogP contribution in [0.4, 0.5) is 4.39 Å². The quantitative estimate of drug-likeness (QED) is 0.697. The fraction of sp³-hybridized carbons (Fsp3) is 0. The number of nitrogens with one attached hydrogen (secondary N) is 1. The topological polar surface area (TPSA) is 66.0 Å². The zero-order valence-corrected chi connectivity index (χ0v) is 6.41. The van der Waals surface area contributed by atoms with Gasteiger partial charge in [-0.2, -0.15) is 0 Å². The highest BCUT2D eigenvalue weighted by Crippen LogP contribution is 2.13. The molecule has 5 heteroatoms. The minimum absolute atomic E-state index is 0.00750. The summed E-state index contributed by atoms with van der Waals surface area (Å²) in [6, 6.07) is 2.57. The van der Waals surface area contributed by atoms with Crippen LogP contribution in [0.5, 0.6) is 0 Å². The first-order valence-corrected chi connectivity index (χ1v) is 3.54. The van der Waals surface area contributed by atoms with Gasteiger partial charge >= 0.3 is 5.97 Å². The number of carboxylic acid groups (broad SMARTS) is 1. The van der Waals surface area contributed by atoms with Gasteiger partial charge in [-0.15, -0.1) is 0 Å². The molecule has 2 N–H and O–H groups in total. The van der Waals surface area contributed by atoms with Gasteiger partial charge in [0.05, 0.1) is 6.20 Å². The number of carboxylic acids is 1. The zero-order valence-electron chi connectivity index (χ0n) is 6.41. The van der Waals surface area contributed by atoms with Crippen LogP contribution in [-0.4, -0.2) is 21.0 Å². The van der Waals surface area contributed by atoms with Crippen molar-refractivity contribution in [2.24, 2.45) is 0 Å². The van der Waals surface area contributed by atoms with Gasteiger partial charge in [-0.1, -0.05) is 0 Å². The van der Waals surface area contributed by atoms with Crippen molar-refractivity contribution in [3.63, 3.8) is 0 Å². The highest BCUT2D eigenvalue weighted by Gasteiger charge is 2.07. The molecule has 0 aliphatic carbocycles. The van der Waals surface area contributed by atoms with E-state index in [-0.39, 0.29) is 5.69 Å². The molecule has 0 radical (unpaired) electrons. The lowest BCUT2D eigenvalue weighted by molar-refractivity contribution is 0.0691. The van der Waals surface area contributed by atoms with E-state index in [2.05, 4.69) is 9.97 Å². The van der Waals surface area contributed by atoms with Crippen molar-refractivity contribution in [3.8, 4) is 0 Å². The molecule has 2 rings (SSSR count). The number of nitrogens with zero attached hydrogens (tertiary/aromatic N) is 1. The number of carbonyl (C=O) groups is 1. The highest BCUT2D eigenvalue weighted by atomic mass is 19.1. The van der Waals surface area contributed by atoms with E-state index >= 15 is 0 Å². The molecule has 2 aromatic rings. The predicted octanol–water partition coefficient (Wildman–Crippen LogP) is 1.40. The van der Waals surface area contributed by atoms with E-state index in [0.717, 1.165) is 6.20 Å². The minimum Gasteiger partial charge on any atom is -0.477 e. The second kappa shape index (κ2) is 2.55. The number of aromatic amines is 1. The first-order chi connectivity index (χ1) is 6.16. The standard InChI is InChI=1S/C8H5FN2O2/c9-5-1-4-2-6(8(12)13)11-7(4)10-3-5/h1-3H,(H,10,11)(H,12,13). The van der Waals surface area contributed by atoms with Crippen molar-refractivity contribution < 1.29 is 14.3 Å². The van der Waals surface area contributed by atoms with Gasteiger partial charge in [-0.25, -0.2) is 14.2 Å². The van der Waals surface area contributed by atoms with E-state index < -0.39 is 11.8 Å². The number of aromatic carboxylic acids is 1. The molecule has 0 fully saturated rings. The molecule has 66 valence electrons. The lowest BCUT2D eigenvalue weighted by Gasteiger charge is -1.86. The number of hydrogen-bond acceptors (Lipinski definition) is 2. The van der Waals surface area contributed by atoms with Crippen LogP contribution >= 0.6 is 0 Å². The number of fused-ring (bicyclic) bond motifs is 1. The molecule has 0 spiro atoms. The van der Waals surface area contributed by atoms with E-state index in [1.165, 1.54) is 12.1 Å². The van der Waals surface area contributed by atoms with Crippen LogP contribution in [0.15, 0.2) is 18.3 Å². The van der Waals surface area contributed by atoms with Crippen LogP contribution in [0.1, 0.15) is 10.5 Å². The number of halogens is 1. The smallest absolute Gasteiger partial charge is 0.352 e. The zero-order chi connectivity index (χ0) is 9.42. The predicted molar refractivity (Wildman–Crippen MR) is 43.0 cm³/mol. The molecule has 0 aliphatic heterocycles. The number of H-pyrrole nitrogens is 1. The lowest BCUT2D eigenvalue weighted by Crippen LogP contribution is -1.94. The van der Waals surface area contributed by atoms with E-state index in [0.29, 0.717) is 11.0 Å². The minimum atomic E-state index is -1.08. The second-order valence-corrected chi connectivity index (χ2v) is 2.58. The number of rotatable bonds is 1. The molecule has 0 aromatic carbocycles. The van der Waals surface area contributed by atoms with Crippen LogP contribution in [0.25, 0.3) is 11.0 Å². The molecular formula is C8H5FN2O2. The summed E-state index contributed by atoms with van der Waals surface area (Å²) >= 11 is 0. The molecule has 0 saturated carbocycles. The molecule has 0 bridgehead atoms. The summed E-state index contributed by atoms with van der Waals surface area (Å²) < 4.78 is 12.6. The average molecular weight is 180 g/mol. The van der Waals surface area contributed by atoms with Crippen molar-refractivity contribution in [3.05, 3.63) is 29.8 Å². The third-order valence-corrected chi connectivity index (χ3v) is 1.67. The fourth-order valence-electron chi connectivity index (χ4n) is 1.10. The van der Waals surface area contributed by atoms with Crippen molar-refractivity contribution >= 4 is 17.0 Å². The average Bonchev–Trinajstić information content (AvgIpc) is 2.46. The molecule has 0 atom stereocenters. The van der Waals surface area contributed by atoms with Crippen LogP contribution in [0.2, 0.25) is 0 Å². The molecule has 0 amide bonds. The van der Waals surface area contributed by atoms with Crippen LogP contribution in [0, 0.1) is 5.82 Å². The van der Waals surface area contributed by atoms with Crippen molar-refractivity contribution in [1.82, 2.24) is 9.97 Å². The van der Waals surface area contributed by atoms with E-state index in [4.69, 9.17) is 5.11 Å². The molecule has 4 nitrogen and oxygen atoms in total. The molecule has 0 unspecified atom stereocenters. The van der Waals surface area contributed by atoms with E-state index in [1.54, 1.807) is 0 Å². The summed E-state index contributed by atoms with van der Waals surface area (Å²) in [5, 5.41) is 9.06. The van der Waals surface area contributed by atoms with Gasteiger partial charge in [0.25, 0.3) is 0 Å². The summed E-state index contributed by atoms with van der Waals surface area (Å²) in [6.45, 7) is 0. The van der Waals surface area contributed by atoms with Crippen LogP contribution < -0.4 is 0 Å². The number of pyridine rings is 1. The second-order valence-electron chi connectivity index (χ2n) is 2.58. The molecule has 0 aliphatic rings. The Labute approximate surface area is 72.0 Å². The third kappa shape index (κ3) is 1.24. The van der Waals surface area contributed by atoms with Gasteiger partial charge in [0.1, 0.15) is 17.2 Å². The third-order valence-electron chi connectivity index (χ3n) is 1.67. The Morgan fingerprint density at radius 2 is 2.31 bits per heavy atom. The lowest BCUT2D eigenvalue weighted by atomic mass is 10.3. The molecule has 2 heterocycles. The van der Waals surface area contributed by atoms with Gasteiger partial charge < -0.3 is 10.1 Å². The summed E-state index contributed by atoms with van der Waals surface area (Å²) in [7, 11) is 0. The fourth-order valence-corrected chi connectivity index (χ4v) is 1.10. The Hall–Kier alpha value is -1.91. The first kappa shape index (κ1) is 7.72. The van der Waals surface area contributed by atoms with Gasteiger partial charge in [0, 0.05) is 5.39 Å². The Morgan fingerprint density at radius 3 is 3.00 bits per heavy atom. The highest BCUT2D eigenvalue weighted by molar-refractivity contribution is 5.92. The van der Waals surface area contributed by atoms with E-state index in [1.807, 2.05) is 0 Å². The molecule has 13 heavy (non-hydrogen) atoms. The van der Waals surface area contributed by atoms with Crippen LogP contribution in [-0.2, 0) is 0 Å². The maximum atomic E-state index is 12.6. The number of hydrogen-bond donors (Lipinski definition) is 2. The SMILES string of the molecule is O=C(O)c1cc2cc(F)cnc2[nH]1. The van der Waals surface area contributed by atoms with Gasteiger partial charge in [-0.05, 0) is 12.1 Å². The monoisotopic (exact) mass is 180 g/mol. The summed E-state index contributed by atoms with van der Waals surface area (Å²) in [5.74, 6) is -1.57. The molecule has 2 aromatic heterocycles. The first-order valence-electron chi connectivity index (χ1n) is 3.54. The largest absolute Gasteiger partial charge is 0.477 e. The normalized spacial score (nSPS) is 10.5. The summed E-state index contributed by atoms with van der Waals surface area (Å²) in [5.41, 5.74) is 0.381. The Bertz CT molecular complexity index is 478. The van der Waals surface area contributed by atoms with E-state index in [9.17, 15) is 9.18 Å². The molecule has 0 saturated heterocycles. The van der Waals surface area contributed by atoms with Crippen LogP contribution in [0.3, 0.4) is 0 Å². The summed E-state index contributed by atoms with van der Waals surface area (Å²) in [4.78, 5) is 16.7. The van der Waals surface area contributed by atoms with Crippen molar-refractivity contribution in [2.75, 3.05) is 0 Å². The maximum absolute atomic E-state index is 12.6. The van der Waals surface area contributed by atoms with Gasteiger partial charge in [0.2, 0.25) is 0 Å². The van der Waals surface area contributed by atoms with Gasteiger partial charge in [-0.3, -0.25) is 0 Å². The Balaban J connectivity index is 2.68. The molecular weight excluding hydrogens is 175 g/mol. The summed E-state index contributed by atoms with van der Waals surface area (Å²) in [6.07, 6.45) is 1.03. The van der Waals surface area contributed by atoms with Gasteiger partial charge in [0.15, 0.2) is 0 Å². The maximum Gasteiger partial charge on any atom is 0.352 e.